The Kier molecular flexibility index (Phi) is 6.49. The quantitative estimate of drug-likeness (QED) is 0.734. The summed E-state index contributed by atoms with van der Waals surface area (Å²) in [4.78, 5) is 28.5. The molecule has 0 unspecified atom stereocenters. The third kappa shape index (κ3) is 4.66. The van der Waals surface area contributed by atoms with E-state index in [0.717, 1.165) is 0 Å². The number of benzene rings is 1. The van der Waals surface area contributed by atoms with Gasteiger partial charge in [0.25, 0.3) is 5.91 Å². The van der Waals surface area contributed by atoms with E-state index in [1.54, 1.807) is 34.1 Å². The van der Waals surface area contributed by atoms with Crippen LogP contribution in [0.2, 0.25) is 5.02 Å². The lowest BCUT2D eigenvalue weighted by Crippen LogP contribution is -2.55. The Morgan fingerprint density at radius 3 is 2.20 bits per heavy atom. The molecular weight excluding hydrogens is 432 g/mol. The number of aryl methyl sites for hydroxylation is 2. The number of piperazine rings is 1. The molecule has 9 nitrogen and oxygen atoms in total. The van der Waals surface area contributed by atoms with E-state index < -0.39 is 16.1 Å². The molecule has 0 bridgehead atoms. The lowest BCUT2D eigenvalue weighted by molar-refractivity contribution is -0.134. The molecule has 1 aromatic heterocycles. The Morgan fingerprint density at radius 1 is 1.10 bits per heavy atom. The van der Waals surface area contributed by atoms with Crippen molar-refractivity contribution in [2.45, 2.75) is 31.7 Å². The average molecular weight is 455 g/mol. The molecule has 1 saturated heterocycles. The van der Waals surface area contributed by atoms with Crippen LogP contribution in [-0.2, 0) is 14.8 Å². The van der Waals surface area contributed by atoms with Gasteiger partial charge >= 0.3 is 0 Å². The highest BCUT2D eigenvalue weighted by Crippen LogP contribution is 2.19. The van der Waals surface area contributed by atoms with Crippen LogP contribution in [-0.4, -0.2) is 67.4 Å². The van der Waals surface area contributed by atoms with E-state index in [0.29, 0.717) is 36.8 Å². The number of amides is 2. The number of carbonyl (C=O) groups excluding carboxylic acids is 2. The maximum Gasteiger partial charge on any atom is 0.253 e. The molecule has 3 rings (SSSR count). The number of carbonyl (C=O) groups is 2. The molecule has 1 aliphatic heterocycles. The number of hydrogen-bond acceptors (Lipinski definition) is 6. The molecule has 1 aromatic carbocycles. The van der Waals surface area contributed by atoms with Crippen LogP contribution in [0.5, 0.6) is 0 Å². The Hall–Kier alpha value is -2.43. The summed E-state index contributed by atoms with van der Waals surface area (Å²) in [5.41, 5.74) is 0.758. The fraction of sp³-hybridized carbons (Fsp3) is 0.421. The van der Waals surface area contributed by atoms with Crippen molar-refractivity contribution in [1.82, 2.24) is 19.7 Å². The van der Waals surface area contributed by atoms with Gasteiger partial charge in [-0.3, -0.25) is 9.59 Å². The van der Waals surface area contributed by atoms with E-state index in [4.69, 9.17) is 16.1 Å². The van der Waals surface area contributed by atoms with E-state index >= 15 is 0 Å². The van der Waals surface area contributed by atoms with Crippen molar-refractivity contribution in [3.05, 3.63) is 46.3 Å². The minimum atomic E-state index is -3.95. The zero-order valence-electron chi connectivity index (χ0n) is 16.9. The largest absolute Gasteiger partial charge is 0.360 e. The Balaban J connectivity index is 1.59. The van der Waals surface area contributed by atoms with Crippen LogP contribution in [0.4, 0.5) is 0 Å². The average Bonchev–Trinajstić information content (AvgIpc) is 3.06. The molecule has 162 valence electrons. The van der Waals surface area contributed by atoms with Gasteiger partial charge in [0.2, 0.25) is 15.9 Å². The van der Waals surface area contributed by atoms with Crippen molar-refractivity contribution in [2.24, 2.45) is 0 Å². The zero-order valence-corrected chi connectivity index (χ0v) is 18.5. The lowest BCUT2D eigenvalue weighted by atomic mass is 10.1. The van der Waals surface area contributed by atoms with Crippen LogP contribution in [0, 0.1) is 13.8 Å². The lowest BCUT2D eigenvalue weighted by Gasteiger charge is -2.36. The summed E-state index contributed by atoms with van der Waals surface area (Å²) in [5, 5.41) is 4.20. The number of nitrogens with one attached hydrogen (secondary N) is 1. The standard InChI is InChI=1S/C19H23ClN4O5S/c1-12-17(14(3)29-21-12)30(27,28)22-13(2)18(25)23-8-10-24(11-9-23)19(26)15-4-6-16(20)7-5-15/h4-7,13,22H,8-11H2,1-3H3/t13-/m0/s1. The van der Waals surface area contributed by atoms with Crippen molar-refractivity contribution in [3.63, 3.8) is 0 Å². The molecule has 0 spiro atoms. The first-order chi connectivity index (χ1) is 14.1. The van der Waals surface area contributed by atoms with Gasteiger partial charge in [-0.1, -0.05) is 16.8 Å². The van der Waals surface area contributed by atoms with Crippen LogP contribution < -0.4 is 4.72 Å². The number of rotatable bonds is 5. The fourth-order valence-corrected chi connectivity index (χ4v) is 5.03. The summed E-state index contributed by atoms with van der Waals surface area (Å²) in [5.74, 6) is -0.330. The van der Waals surface area contributed by atoms with Crippen LogP contribution >= 0.6 is 11.6 Å². The van der Waals surface area contributed by atoms with Crippen LogP contribution in [0.15, 0.2) is 33.7 Å². The highest BCUT2D eigenvalue weighted by molar-refractivity contribution is 7.89. The maximum atomic E-state index is 12.7. The van der Waals surface area contributed by atoms with E-state index in [1.807, 2.05) is 0 Å². The number of nitrogens with zero attached hydrogens (tertiary/aromatic N) is 3. The second kappa shape index (κ2) is 8.75. The molecule has 1 atom stereocenters. The van der Waals surface area contributed by atoms with Crippen molar-refractivity contribution in [2.75, 3.05) is 26.2 Å². The molecule has 2 heterocycles. The van der Waals surface area contributed by atoms with Crippen molar-refractivity contribution in [1.29, 1.82) is 0 Å². The van der Waals surface area contributed by atoms with Gasteiger partial charge < -0.3 is 14.3 Å². The van der Waals surface area contributed by atoms with Gasteiger partial charge in [0, 0.05) is 36.8 Å². The molecule has 1 fully saturated rings. The summed E-state index contributed by atoms with van der Waals surface area (Å²) in [6.07, 6.45) is 0. The first-order valence-corrected chi connectivity index (χ1v) is 11.2. The fourth-order valence-electron chi connectivity index (χ4n) is 3.38. The molecule has 2 amide bonds. The SMILES string of the molecule is Cc1noc(C)c1S(=O)(=O)N[C@@H](C)C(=O)N1CCN(C(=O)c2ccc(Cl)cc2)CC1. The maximum absolute atomic E-state index is 12.7. The van der Waals surface area contributed by atoms with Gasteiger partial charge in [0.05, 0.1) is 6.04 Å². The molecule has 30 heavy (non-hydrogen) atoms. The highest BCUT2D eigenvalue weighted by Gasteiger charge is 2.32. The van der Waals surface area contributed by atoms with Crippen LogP contribution in [0.3, 0.4) is 0 Å². The van der Waals surface area contributed by atoms with Gasteiger partial charge in [-0.25, -0.2) is 8.42 Å². The molecule has 1 aliphatic rings. The molecule has 0 saturated carbocycles. The first kappa shape index (κ1) is 22.3. The number of hydrogen-bond donors (Lipinski definition) is 1. The second-order valence-corrected chi connectivity index (χ2v) is 9.21. The van der Waals surface area contributed by atoms with Gasteiger partial charge in [-0.05, 0) is 45.0 Å². The summed E-state index contributed by atoms with van der Waals surface area (Å²) >= 11 is 5.85. The van der Waals surface area contributed by atoms with E-state index in [1.165, 1.54) is 20.8 Å². The third-order valence-corrected chi connectivity index (χ3v) is 6.94. The molecule has 1 N–H and O–H groups in total. The normalized spacial score (nSPS) is 15.9. The molecule has 0 radical (unpaired) electrons. The molecule has 11 heteroatoms. The topological polar surface area (TPSA) is 113 Å². The molecule has 0 aliphatic carbocycles. The van der Waals surface area contributed by atoms with Gasteiger partial charge in [0.15, 0.2) is 5.76 Å². The van der Waals surface area contributed by atoms with Gasteiger partial charge in [-0.2, -0.15) is 4.72 Å². The van der Waals surface area contributed by atoms with Crippen LogP contribution in [0.1, 0.15) is 28.7 Å². The zero-order chi connectivity index (χ0) is 22.1. The van der Waals surface area contributed by atoms with E-state index in [2.05, 4.69) is 9.88 Å². The number of sulfonamides is 1. The highest BCUT2D eigenvalue weighted by atomic mass is 35.5. The van der Waals surface area contributed by atoms with E-state index in [-0.39, 0.29) is 28.2 Å². The Bertz CT molecular complexity index is 1020. The minimum absolute atomic E-state index is 0.0551. The summed E-state index contributed by atoms with van der Waals surface area (Å²) in [7, 11) is -3.95. The van der Waals surface area contributed by atoms with Gasteiger partial charge in [-0.15, -0.1) is 0 Å². The third-order valence-electron chi connectivity index (χ3n) is 4.91. The van der Waals surface area contributed by atoms with E-state index in [9.17, 15) is 18.0 Å². The van der Waals surface area contributed by atoms with Crippen molar-refractivity contribution >= 4 is 33.4 Å². The summed E-state index contributed by atoms with van der Waals surface area (Å²) < 4.78 is 32.5. The Morgan fingerprint density at radius 2 is 1.67 bits per heavy atom. The van der Waals surface area contributed by atoms with Crippen molar-refractivity contribution < 1.29 is 22.5 Å². The minimum Gasteiger partial charge on any atom is -0.360 e. The molecule has 2 aromatic rings. The molecular formula is C19H23ClN4O5S. The second-order valence-electron chi connectivity index (χ2n) is 7.12. The number of halogens is 1. The Labute approximate surface area is 180 Å². The van der Waals surface area contributed by atoms with Crippen LogP contribution in [0.25, 0.3) is 0 Å². The summed E-state index contributed by atoms with van der Waals surface area (Å²) in [6.45, 7) is 5.86. The van der Waals surface area contributed by atoms with Crippen molar-refractivity contribution in [3.8, 4) is 0 Å². The smallest absolute Gasteiger partial charge is 0.253 e. The monoisotopic (exact) mass is 454 g/mol. The predicted octanol–water partition coefficient (Wildman–Crippen LogP) is 1.60. The summed E-state index contributed by atoms with van der Waals surface area (Å²) in [6, 6.07) is 5.66. The van der Waals surface area contributed by atoms with Gasteiger partial charge in [0.1, 0.15) is 10.6 Å². The first-order valence-electron chi connectivity index (χ1n) is 9.39. The number of aromatic nitrogens is 1. The predicted molar refractivity (Wildman–Crippen MR) is 110 cm³/mol.